The maximum atomic E-state index is 12.7. The van der Waals surface area contributed by atoms with Gasteiger partial charge in [0, 0.05) is 17.9 Å². The van der Waals surface area contributed by atoms with Crippen LogP contribution in [0.3, 0.4) is 0 Å². The van der Waals surface area contributed by atoms with Crippen LogP contribution in [0.1, 0.15) is 137 Å². The van der Waals surface area contributed by atoms with Gasteiger partial charge in [0.25, 0.3) is 0 Å². The minimum atomic E-state index is 0. The van der Waals surface area contributed by atoms with Gasteiger partial charge in [-0.15, -0.1) is 11.6 Å². The summed E-state index contributed by atoms with van der Waals surface area (Å²) in [6.07, 6.45) is 20.9. The van der Waals surface area contributed by atoms with E-state index in [-0.39, 0.29) is 11.9 Å². The topological polar surface area (TPSA) is 52.1 Å². The van der Waals surface area contributed by atoms with Crippen LogP contribution in [0.2, 0.25) is 0 Å². The second-order valence-electron chi connectivity index (χ2n) is 8.80. The smallest absolute Gasteiger partial charge is 0.163 e. The van der Waals surface area contributed by atoms with E-state index >= 15 is 0 Å². The number of Topliss-reactive ketones (excluding diaryl/α,β-unsaturated/α-hetero) is 1. The number of ketones is 1. The lowest BCUT2D eigenvalue weighted by molar-refractivity contribution is 0.0977. The van der Waals surface area contributed by atoms with Crippen LogP contribution in [-0.4, -0.2) is 5.78 Å². The largest absolute Gasteiger partial charge is 0.344 e. The number of carbonyl (C=O) groups excluding carboxylic acids is 1. The Morgan fingerprint density at radius 3 is 1.60 bits per heavy atom. The zero-order chi connectivity index (χ0) is 21.3. The highest BCUT2D eigenvalue weighted by molar-refractivity contribution is 6.18. The molecule has 0 aliphatic heterocycles. The number of halogens is 1. The molecular weight excluding hydrogens is 390 g/mol. The van der Waals surface area contributed by atoms with Gasteiger partial charge in [-0.3, -0.25) is 4.79 Å². The van der Waals surface area contributed by atoms with Gasteiger partial charge in [-0.05, 0) is 37.0 Å². The highest BCUT2D eigenvalue weighted by Crippen LogP contribution is 2.23. The predicted molar refractivity (Wildman–Crippen MR) is 134 cm³/mol. The molecule has 0 heterocycles. The Hall–Kier alpha value is -0.860. The van der Waals surface area contributed by atoms with Crippen molar-refractivity contribution in [3.05, 3.63) is 34.4 Å². The van der Waals surface area contributed by atoms with Crippen LogP contribution < -0.4 is 6.15 Å². The summed E-state index contributed by atoms with van der Waals surface area (Å²) in [4.78, 5) is 12.7. The Balaban J connectivity index is 0.00000841. The minimum absolute atomic E-state index is 0. The molecule has 0 radical (unpaired) electrons. The van der Waals surface area contributed by atoms with E-state index in [1.165, 1.54) is 95.5 Å². The molecule has 0 spiro atoms. The molecule has 1 aromatic carbocycles. The molecule has 174 valence electrons. The van der Waals surface area contributed by atoms with Crippen molar-refractivity contribution in [2.75, 3.05) is 0 Å². The summed E-state index contributed by atoms with van der Waals surface area (Å²) in [5.41, 5.74) is 4.15. The highest BCUT2D eigenvalue weighted by atomic mass is 35.5. The first-order valence-electron chi connectivity index (χ1n) is 12.3. The van der Waals surface area contributed by atoms with E-state index in [4.69, 9.17) is 11.6 Å². The van der Waals surface area contributed by atoms with Gasteiger partial charge in [0.05, 0.1) is 0 Å². The number of rotatable bonds is 18. The second-order valence-corrected chi connectivity index (χ2v) is 9.07. The maximum absolute atomic E-state index is 12.7. The molecular formula is C27H48ClNO. The lowest BCUT2D eigenvalue weighted by Crippen LogP contribution is -2.07. The van der Waals surface area contributed by atoms with E-state index in [1.54, 1.807) is 0 Å². The van der Waals surface area contributed by atoms with E-state index in [0.717, 1.165) is 23.1 Å². The molecule has 0 aliphatic carbocycles. The zero-order valence-corrected chi connectivity index (χ0v) is 20.9. The SMILES string of the molecule is CCCCCCCCCCCCCCCCCC(=O)c1c(CCl)ccc(C)c1C.N. The number of hydrogen-bond acceptors (Lipinski definition) is 2. The summed E-state index contributed by atoms with van der Waals surface area (Å²) in [6, 6.07) is 4.08. The van der Waals surface area contributed by atoms with Gasteiger partial charge < -0.3 is 6.15 Å². The van der Waals surface area contributed by atoms with Crippen molar-refractivity contribution < 1.29 is 4.79 Å². The highest BCUT2D eigenvalue weighted by Gasteiger charge is 2.14. The average Bonchev–Trinajstić information content (AvgIpc) is 2.72. The van der Waals surface area contributed by atoms with Crippen molar-refractivity contribution in [1.82, 2.24) is 6.15 Å². The molecule has 30 heavy (non-hydrogen) atoms. The molecule has 1 rings (SSSR count). The molecule has 0 bridgehead atoms. The van der Waals surface area contributed by atoms with Crippen molar-refractivity contribution in [3.8, 4) is 0 Å². The fourth-order valence-electron chi connectivity index (χ4n) is 4.15. The third-order valence-corrected chi connectivity index (χ3v) is 6.54. The standard InChI is InChI=1S/C27H45ClO.H3N/c1-4-5-6-7-8-9-10-11-12-13-14-15-16-17-18-19-26(29)27-24(3)23(2)20-21-25(27)22-28;/h20-21H,4-19,22H2,1-3H3;1H3. The van der Waals surface area contributed by atoms with Crippen LogP contribution in [-0.2, 0) is 5.88 Å². The van der Waals surface area contributed by atoms with Gasteiger partial charge in [-0.2, -0.15) is 0 Å². The maximum Gasteiger partial charge on any atom is 0.163 e. The van der Waals surface area contributed by atoms with Crippen LogP contribution in [0.25, 0.3) is 0 Å². The molecule has 2 nitrogen and oxygen atoms in total. The summed E-state index contributed by atoms with van der Waals surface area (Å²) in [6.45, 7) is 6.40. The molecule has 0 saturated heterocycles. The van der Waals surface area contributed by atoms with Crippen LogP contribution in [0.4, 0.5) is 0 Å². The summed E-state index contributed by atoms with van der Waals surface area (Å²) in [5.74, 6) is 0.692. The van der Waals surface area contributed by atoms with Crippen molar-refractivity contribution in [2.45, 2.75) is 129 Å². The van der Waals surface area contributed by atoms with Gasteiger partial charge in [-0.1, -0.05) is 109 Å². The van der Waals surface area contributed by atoms with Gasteiger partial charge in [0.15, 0.2) is 5.78 Å². The third kappa shape index (κ3) is 12.1. The number of benzene rings is 1. The Morgan fingerprint density at radius 1 is 0.733 bits per heavy atom. The quantitative estimate of drug-likeness (QED) is 0.141. The van der Waals surface area contributed by atoms with Gasteiger partial charge >= 0.3 is 0 Å². The van der Waals surface area contributed by atoms with Crippen molar-refractivity contribution in [2.24, 2.45) is 0 Å². The summed E-state index contributed by atoms with van der Waals surface area (Å²) >= 11 is 6.05. The Bertz CT molecular complexity index is 570. The van der Waals surface area contributed by atoms with E-state index in [9.17, 15) is 4.79 Å². The van der Waals surface area contributed by atoms with Crippen LogP contribution in [0, 0.1) is 13.8 Å². The normalized spacial score (nSPS) is 10.8. The van der Waals surface area contributed by atoms with Crippen LogP contribution in [0.15, 0.2) is 12.1 Å². The second kappa shape index (κ2) is 18.9. The van der Waals surface area contributed by atoms with Crippen LogP contribution >= 0.6 is 11.6 Å². The summed E-state index contributed by atoms with van der Waals surface area (Å²) < 4.78 is 0. The lowest BCUT2D eigenvalue weighted by Gasteiger charge is -2.12. The molecule has 3 N–H and O–H groups in total. The Morgan fingerprint density at radius 2 is 1.17 bits per heavy atom. The molecule has 1 aromatic rings. The average molecular weight is 438 g/mol. The molecule has 0 unspecified atom stereocenters. The first-order valence-corrected chi connectivity index (χ1v) is 12.8. The molecule has 0 aromatic heterocycles. The predicted octanol–water partition coefficient (Wildman–Crippen LogP) is 9.65. The van der Waals surface area contributed by atoms with Crippen molar-refractivity contribution in [1.29, 1.82) is 0 Å². The van der Waals surface area contributed by atoms with Crippen molar-refractivity contribution in [3.63, 3.8) is 0 Å². The molecule has 3 heteroatoms. The fraction of sp³-hybridized carbons (Fsp3) is 0.741. The molecule has 0 atom stereocenters. The van der Waals surface area contributed by atoms with Gasteiger partial charge in [0.1, 0.15) is 0 Å². The van der Waals surface area contributed by atoms with E-state index in [2.05, 4.69) is 19.9 Å². The summed E-state index contributed by atoms with van der Waals surface area (Å²) in [7, 11) is 0. The van der Waals surface area contributed by atoms with Gasteiger partial charge in [-0.25, -0.2) is 0 Å². The van der Waals surface area contributed by atoms with Crippen molar-refractivity contribution >= 4 is 17.4 Å². The first kappa shape index (κ1) is 29.1. The minimum Gasteiger partial charge on any atom is -0.344 e. The number of unbranched alkanes of at least 4 members (excludes halogenated alkanes) is 14. The van der Waals surface area contributed by atoms with Gasteiger partial charge in [0.2, 0.25) is 0 Å². The third-order valence-electron chi connectivity index (χ3n) is 6.25. The monoisotopic (exact) mass is 437 g/mol. The molecule has 0 saturated carbocycles. The van der Waals surface area contributed by atoms with E-state index in [1.807, 2.05) is 13.0 Å². The first-order chi connectivity index (χ1) is 14.1. The van der Waals surface area contributed by atoms with E-state index in [0.29, 0.717) is 12.3 Å². The lowest BCUT2D eigenvalue weighted by atomic mass is 9.93. The number of alkyl halides is 1. The molecule has 0 aliphatic rings. The summed E-state index contributed by atoms with van der Waals surface area (Å²) in [5, 5.41) is 0. The van der Waals surface area contributed by atoms with Crippen LogP contribution in [0.5, 0.6) is 0 Å². The zero-order valence-electron chi connectivity index (χ0n) is 20.2. The Kier molecular flexibility index (Phi) is 18.3. The molecule has 0 amide bonds. The number of hydrogen-bond donors (Lipinski definition) is 1. The fourth-order valence-corrected chi connectivity index (χ4v) is 4.38. The van der Waals surface area contributed by atoms with E-state index < -0.39 is 0 Å². The number of carbonyl (C=O) groups is 1. The Labute approximate surface area is 192 Å². The molecule has 0 fully saturated rings. The number of aryl methyl sites for hydroxylation is 1.